The van der Waals surface area contributed by atoms with E-state index in [0.717, 1.165) is 12.1 Å². The molecule has 0 radical (unpaired) electrons. The summed E-state index contributed by atoms with van der Waals surface area (Å²) in [6.07, 6.45) is 2.70. The summed E-state index contributed by atoms with van der Waals surface area (Å²) in [6.45, 7) is 2.88. The van der Waals surface area contributed by atoms with Gasteiger partial charge in [0, 0.05) is 28.9 Å². The van der Waals surface area contributed by atoms with Gasteiger partial charge in [-0.3, -0.25) is 19.4 Å². The van der Waals surface area contributed by atoms with Gasteiger partial charge in [-0.2, -0.15) is 0 Å². The monoisotopic (exact) mass is 353 g/mol. The molecule has 5 nitrogen and oxygen atoms in total. The molecule has 1 atom stereocenters. The van der Waals surface area contributed by atoms with E-state index in [1.165, 1.54) is 11.3 Å². The number of carbonyl (C=O) groups excluding carboxylic acids is 2. The highest BCUT2D eigenvalue weighted by atomic mass is 32.1. The van der Waals surface area contributed by atoms with Crippen LogP contribution in [0.4, 0.5) is 17.1 Å². The highest BCUT2D eigenvalue weighted by Crippen LogP contribution is 2.40. The topological polar surface area (TPSA) is 52.7 Å². The summed E-state index contributed by atoms with van der Waals surface area (Å²) in [5, 5.41) is 6.58. The summed E-state index contributed by atoms with van der Waals surface area (Å²) in [6, 6.07) is 7.76. The molecule has 3 heterocycles. The molecule has 2 aliphatic heterocycles. The number of carbonyl (C=O) groups is 2. The second kappa shape index (κ2) is 6.13. The van der Waals surface area contributed by atoms with Crippen molar-refractivity contribution >= 4 is 40.2 Å². The van der Waals surface area contributed by atoms with Gasteiger partial charge in [0.1, 0.15) is 0 Å². The molecule has 1 aromatic carbocycles. The predicted molar refractivity (Wildman–Crippen MR) is 101 cm³/mol. The maximum atomic E-state index is 13.4. The zero-order chi connectivity index (χ0) is 17.6. The van der Waals surface area contributed by atoms with E-state index in [4.69, 9.17) is 0 Å². The number of thiophene rings is 1. The maximum Gasteiger partial charge on any atom is 0.258 e. The largest absolute Gasteiger partial charge is 0.320 e. The van der Waals surface area contributed by atoms with E-state index in [0.29, 0.717) is 35.1 Å². The summed E-state index contributed by atoms with van der Waals surface area (Å²) in [5.74, 6) is -0.228. The molecule has 0 spiro atoms. The van der Waals surface area contributed by atoms with Gasteiger partial charge in [-0.15, -0.1) is 11.3 Å². The van der Waals surface area contributed by atoms with Crippen molar-refractivity contribution in [2.75, 3.05) is 23.8 Å². The fraction of sp³-hybridized carbons (Fsp3) is 0.263. The first-order valence-electron chi connectivity index (χ1n) is 8.26. The summed E-state index contributed by atoms with van der Waals surface area (Å²) in [5.41, 5.74) is 3.36. The number of para-hydroxylation sites is 2. The first-order valence-corrected chi connectivity index (χ1v) is 9.21. The lowest BCUT2D eigenvalue weighted by Crippen LogP contribution is -2.37. The van der Waals surface area contributed by atoms with Crippen LogP contribution in [0.2, 0.25) is 0 Å². The van der Waals surface area contributed by atoms with Crippen molar-refractivity contribution in [2.24, 2.45) is 0 Å². The Morgan fingerprint density at radius 3 is 2.84 bits per heavy atom. The molecule has 1 N–H and O–H groups in total. The van der Waals surface area contributed by atoms with Crippen molar-refractivity contribution in [1.29, 1.82) is 0 Å². The molecular weight excluding hydrogens is 334 g/mol. The van der Waals surface area contributed by atoms with E-state index in [9.17, 15) is 9.59 Å². The molecule has 0 saturated carbocycles. The van der Waals surface area contributed by atoms with Gasteiger partial charge in [0.15, 0.2) is 0 Å². The predicted octanol–water partition coefficient (Wildman–Crippen LogP) is 3.63. The van der Waals surface area contributed by atoms with Crippen LogP contribution in [0.3, 0.4) is 0 Å². The molecule has 128 valence electrons. The molecule has 0 fully saturated rings. The zero-order valence-corrected chi connectivity index (χ0v) is 15.0. The number of likely N-dealkylation sites (N-methyl/N-ethyl adjacent to an activating group) is 1. The number of nitrogens with one attached hydrogen (secondary N) is 1. The van der Waals surface area contributed by atoms with Crippen molar-refractivity contribution in [3.63, 3.8) is 0 Å². The average Bonchev–Trinajstić information content (AvgIpc) is 3.04. The zero-order valence-electron chi connectivity index (χ0n) is 14.2. The Hall–Kier alpha value is -2.44. The lowest BCUT2D eigenvalue weighted by atomic mass is 10.00. The van der Waals surface area contributed by atoms with E-state index >= 15 is 0 Å². The molecule has 1 unspecified atom stereocenters. The van der Waals surface area contributed by atoms with E-state index in [1.54, 1.807) is 10.3 Å². The molecular formula is C19H19N3O2S. The Morgan fingerprint density at radius 1 is 1.24 bits per heavy atom. The van der Waals surface area contributed by atoms with E-state index in [2.05, 4.69) is 24.2 Å². The van der Waals surface area contributed by atoms with Crippen LogP contribution in [0.15, 0.2) is 46.7 Å². The molecule has 2 aliphatic rings. The number of nitrogens with zero attached hydrogens (tertiary/aromatic N) is 2. The third kappa shape index (κ3) is 2.67. The van der Waals surface area contributed by atoms with Gasteiger partial charge in [0.05, 0.1) is 22.6 Å². The normalized spacial score (nSPS) is 20.2. The van der Waals surface area contributed by atoms with Gasteiger partial charge in [0.2, 0.25) is 0 Å². The first kappa shape index (κ1) is 16.1. The minimum absolute atomic E-state index is 0.0523. The average molecular weight is 353 g/mol. The van der Waals surface area contributed by atoms with E-state index in [-0.39, 0.29) is 11.8 Å². The highest BCUT2D eigenvalue weighted by molar-refractivity contribution is 7.08. The Balaban J connectivity index is 1.83. The fourth-order valence-corrected chi connectivity index (χ4v) is 4.05. The SMILES string of the molecule is CC1CC(C(=O)N2c3ccccc3NC(=O)c3cscc32)=CCN1C. The Morgan fingerprint density at radius 2 is 2.04 bits per heavy atom. The van der Waals surface area contributed by atoms with E-state index < -0.39 is 0 Å². The molecule has 2 amide bonds. The van der Waals surface area contributed by atoms with Crippen LogP contribution in [0.25, 0.3) is 0 Å². The van der Waals surface area contributed by atoms with Crippen LogP contribution in [0.5, 0.6) is 0 Å². The number of benzene rings is 1. The van der Waals surface area contributed by atoms with Crippen LogP contribution in [-0.2, 0) is 4.79 Å². The van der Waals surface area contributed by atoms with Gasteiger partial charge in [0.25, 0.3) is 11.8 Å². The smallest absolute Gasteiger partial charge is 0.258 e. The quantitative estimate of drug-likeness (QED) is 0.852. The summed E-state index contributed by atoms with van der Waals surface area (Å²) in [4.78, 5) is 29.8. The summed E-state index contributed by atoms with van der Waals surface area (Å²) >= 11 is 1.43. The fourth-order valence-electron chi connectivity index (χ4n) is 3.26. The van der Waals surface area contributed by atoms with Crippen molar-refractivity contribution in [1.82, 2.24) is 4.90 Å². The van der Waals surface area contributed by atoms with Gasteiger partial charge in [-0.05, 0) is 32.5 Å². The van der Waals surface area contributed by atoms with Crippen molar-refractivity contribution < 1.29 is 9.59 Å². The molecule has 0 bridgehead atoms. The van der Waals surface area contributed by atoms with Crippen molar-refractivity contribution in [3.05, 3.63) is 52.2 Å². The molecule has 25 heavy (non-hydrogen) atoms. The summed E-state index contributed by atoms with van der Waals surface area (Å²) < 4.78 is 0. The number of hydrogen-bond donors (Lipinski definition) is 1. The second-order valence-corrected chi connectivity index (χ2v) is 7.25. The van der Waals surface area contributed by atoms with Crippen LogP contribution < -0.4 is 10.2 Å². The van der Waals surface area contributed by atoms with Crippen LogP contribution >= 0.6 is 11.3 Å². The standard InChI is InChI=1S/C19H19N3O2S/c1-12-9-13(7-8-21(12)2)19(24)22-16-6-4-3-5-15(16)20-18(23)14-10-25-11-17(14)22/h3-7,10-12H,8-9H2,1-2H3,(H,20,23). The van der Waals surface area contributed by atoms with Crippen molar-refractivity contribution in [3.8, 4) is 0 Å². The number of anilines is 3. The molecule has 2 aromatic rings. The number of hydrogen-bond acceptors (Lipinski definition) is 4. The molecule has 1 aromatic heterocycles. The number of amides is 2. The second-order valence-electron chi connectivity index (χ2n) is 6.50. The van der Waals surface area contributed by atoms with E-state index in [1.807, 2.05) is 35.7 Å². The minimum Gasteiger partial charge on any atom is -0.320 e. The lowest BCUT2D eigenvalue weighted by Gasteiger charge is -2.31. The van der Waals surface area contributed by atoms with Gasteiger partial charge >= 0.3 is 0 Å². The van der Waals surface area contributed by atoms with Crippen LogP contribution in [0.1, 0.15) is 23.7 Å². The number of fused-ring (bicyclic) bond motifs is 2. The molecule has 4 rings (SSSR count). The minimum atomic E-state index is -0.176. The Bertz CT molecular complexity index is 886. The maximum absolute atomic E-state index is 13.4. The first-order chi connectivity index (χ1) is 12.1. The Kier molecular flexibility index (Phi) is 3.94. The van der Waals surface area contributed by atoms with Crippen molar-refractivity contribution in [2.45, 2.75) is 19.4 Å². The lowest BCUT2D eigenvalue weighted by molar-refractivity contribution is -0.114. The van der Waals surface area contributed by atoms with Crippen LogP contribution in [0, 0.1) is 0 Å². The molecule has 6 heteroatoms. The summed E-state index contributed by atoms with van der Waals surface area (Å²) in [7, 11) is 2.06. The third-order valence-corrected chi connectivity index (χ3v) is 5.62. The van der Waals surface area contributed by atoms with Gasteiger partial charge < -0.3 is 5.32 Å². The van der Waals surface area contributed by atoms with Gasteiger partial charge in [-0.1, -0.05) is 18.2 Å². The molecule has 0 aliphatic carbocycles. The Labute approximate surface area is 150 Å². The van der Waals surface area contributed by atoms with Crippen LogP contribution in [-0.4, -0.2) is 36.3 Å². The van der Waals surface area contributed by atoms with Gasteiger partial charge in [-0.25, -0.2) is 0 Å². The number of rotatable bonds is 1. The third-order valence-electron chi connectivity index (χ3n) is 4.89. The molecule has 0 saturated heterocycles. The highest BCUT2D eigenvalue weighted by Gasteiger charge is 2.32.